The second-order valence-corrected chi connectivity index (χ2v) is 6.64. The van der Waals surface area contributed by atoms with Gasteiger partial charge in [0, 0.05) is 26.4 Å². The Labute approximate surface area is 121 Å². The molecule has 0 bridgehead atoms. The number of rotatable bonds is 5. The zero-order valence-corrected chi connectivity index (χ0v) is 12.6. The van der Waals surface area contributed by atoms with Gasteiger partial charge in [0.2, 0.25) is 0 Å². The molecule has 3 fully saturated rings. The predicted octanol–water partition coefficient (Wildman–Crippen LogP) is 2.14. The lowest BCUT2D eigenvalue weighted by Gasteiger charge is -2.45. The van der Waals surface area contributed by atoms with Gasteiger partial charge in [0.1, 0.15) is 0 Å². The van der Waals surface area contributed by atoms with Crippen molar-refractivity contribution in [2.45, 2.75) is 63.3 Å². The molecule has 1 N–H and O–H groups in total. The summed E-state index contributed by atoms with van der Waals surface area (Å²) in [5, 5.41) is 10.8. The molecular weight excluding hydrogens is 256 g/mol. The van der Waals surface area contributed by atoms with Crippen LogP contribution < -0.4 is 0 Å². The largest absolute Gasteiger partial charge is 0.390 e. The highest BCUT2D eigenvalue weighted by Crippen LogP contribution is 2.43. The number of ether oxygens (including phenoxy) is 3. The molecule has 2 heterocycles. The molecule has 116 valence electrons. The Morgan fingerprint density at radius 3 is 2.55 bits per heavy atom. The van der Waals surface area contributed by atoms with E-state index in [2.05, 4.69) is 0 Å². The summed E-state index contributed by atoms with van der Waals surface area (Å²) < 4.78 is 17.4. The van der Waals surface area contributed by atoms with Gasteiger partial charge in [-0.15, -0.1) is 0 Å². The fourth-order valence-electron chi connectivity index (χ4n) is 3.85. The van der Waals surface area contributed by atoms with Crippen LogP contribution in [-0.4, -0.2) is 49.3 Å². The van der Waals surface area contributed by atoms with Crippen molar-refractivity contribution in [3.63, 3.8) is 0 Å². The van der Waals surface area contributed by atoms with E-state index >= 15 is 0 Å². The summed E-state index contributed by atoms with van der Waals surface area (Å²) in [6.07, 6.45) is 6.01. The fraction of sp³-hybridized carbons (Fsp3) is 1.00. The maximum absolute atomic E-state index is 10.8. The topological polar surface area (TPSA) is 47.9 Å². The van der Waals surface area contributed by atoms with Gasteiger partial charge >= 0.3 is 0 Å². The molecule has 1 saturated carbocycles. The third kappa shape index (κ3) is 3.19. The van der Waals surface area contributed by atoms with Crippen LogP contribution in [-0.2, 0) is 14.2 Å². The average Bonchev–Trinajstić information content (AvgIpc) is 3.29. The lowest BCUT2D eigenvalue weighted by molar-refractivity contribution is -0.171. The Balaban J connectivity index is 1.62. The standard InChI is InChI=1S/C16H28O4/c1-2-19-15(12-3-4-12)14(17)13-5-8-20-16(11-13)6-9-18-10-7-16/h12-15,17H,2-11H2,1H3. The molecule has 0 amide bonds. The van der Waals surface area contributed by atoms with Crippen LogP contribution in [0.2, 0.25) is 0 Å². The van der Waals surface area contributed by atoms with E-state index in [0.717, 1.165) is 45.5 Å². The van der Waals surface area contributed by atoms with Crippen molar-refractivity contribution in [2.75, 3.05) is 26.4 Å². The number of hydrogen-bond acceptors (Lipinski definition) is 4. The van der Waals surface area contributed by atoms with Crippen molar-refractivity contribution in [1.29, 1.82) is 0 Å². The van der Waals surface area contributed by atoms with Crippen LogP contribution in [0.15, 0.2) is 0 Å². The summed E-state index contributed by atoms with van der Waals surface area (Å²) in [5.41, 5.74) is -0.0392. The van der Waals surface area contributed by atoms with Gasteiger partial charge < -0.3 is 19.3 Å². The van der Waals surface area contributed by atoms with E-state index < -0.39 is 0 Å². The van der Waals surface area contributed by atoms with Crippen LogP contribution in [0.3, 0.4) is 0 Å². The quantitative estimate of drug-likeness (QED) is 0.840. The second kappa shape index (κ2) is 6.30. The highest BCUT2D eigenvalue weighted by molar-refractivity contribution is 4.95. The van der Waals surface area contributed by atoms with Crippen LogP contribution in [0.25, 0.3) is 0 Å². The molecule has 20 heavy (non-hydrogen) atoms. The SMILES string of the molecule is CCOC(C1CC1)C(O)C1CCOC2(CCOCC2)C1. The van der Waals surface area contributed by atoms with E-state index in [0.29, 0.717) is 18.4 Å². The molecule has 4 heteroatoms. The molecule has 3 atom stereocenters. The van der Waals surface area contributed by atoms with Gasteiger partial charge in [-0.25, -0.2) is 0 Å². The Morgan fingerprint density at radius 2 is 1.90 bits per heavy atom. The van der Waals surface area contributed by atoms with Crippen molar-refractivity contribution in [2.24, 2.45) is 11.8 Å². The molecule has 3 rings (SSSR count). The molecule has 2 aliphatic heterocycles. The van der Waals surface area contributed by atoms with E-state index in [9.17, 15) is 5.11 Å². The summed E-state index contributed by atoms with van der Waals surface area (Å²) in [5.74, 6) is 0.900. The lowest BCUT2D eigenvalue weighted by Crippen LogP contribution is -2.49. The molecule has 0 aromatic heterocycles. The monoisotopic (exact) mass is 284 g/mol. The molecule has 0 aromatic carbocycles. The molecule has 0 aromatic rings. The fourth-order valence-corrected chi connectivity index (χ4v) is 3.85. The first kappa shape index (κ1) is 14.8. The van der Waals surface area contributed by atoms with Gasteiger partial charge in [0.25, 0.3) is 0 Å². The van der Waals surface area contributed by atoms with E-state index in [4.69, 9.17) is 14.2 Å². The zero-order valence-electron chi connectivity index (χ0n) is 12.6. The first-order chi connectivity index (χ1) is 9.74. The molecule has 1 aliphatic carbocycles. The maximum atomic E-state index is 10.8. The highest BCUT2D eigenvalue weighted by atomic mass is 16.5. The number of aliphatic hydroxyl groups is 1. The van der Waals surface area contributed by atoms with Crippen molar-refractivity contribution in [3.05, 3.63) is 0 Å². The van der Waals surface area contributed by atoms with E-state index in [-0.39, 0.29) is 17.8 Å². The van der Waals surface area contributed by atoms with Gasteiger partial charge in [-0.2, -0.15) is 0 Å². The maximum Gasteiger partial charge on any atom is 0.0864 e. The van der Waals surface area contributed by atoms with Gasteiger partial charge in [0.05, 0.1) is 17.8 Å². The summed E-state index contributed by atoms with van der Waals surface area (Å²) in [4.78, 5) is 0. The first-order valence-corrected chi connectivity index (χ1v) is 8.25. The van der Waals surface area contributed by atoms with E-state index in [1.54, 1.807) is 0 Å². The summed E-state index contributed by atoms with van der Waals surface area (Å²) >= 11 is 0. The molecule has 1 spiro atoms. The minimum Gasteiger partial charge on any atom is -0.390 e. The van der Waals surface area contributed by atoms with Crippen LogP contribution in [0.4, 0.5) is 0 Å². The first-order valence-electron chi connectivity index (χ1n) is 8.25. The summed E-state index contributed by atoms with van der Waals surface area (Å²) in [7, 11) is 0. The molecule has 2 saturated heterocycles. The molecule has 3 unspecified atom stereocenters. The van der Waals surface area contributed by atoms with Gasteiger partial charge in [0.15, 0.2) is 0 Å². The Hall–Kier alpha value is -0.160. The van der Waals surface area contributed by atoms with E-state index in [1.165, 1.54) is 12.8 Å². The predicted molar refractivity (Wildman–Crippen MR) is 75.6 cm³/mol. The summed E-state index contributed by atoms with van der Waals surface area (Å²) in [6.45, 7) is 5.07. The third-order valence-corrected chi connectivity index (χ3v) is 5.20. The Kier molecular flexibility index (Phi) is 4.65. The highest BCUT2D eigenvalue weighted by Gasteiger charge is 2.45. The second-order valence-electron chi connectivity index (χ2n) is 6.64. The smallest absolute Gasteiger partial charge is 0.0864 e. The normalized spacial score (nSPS) is 33.0. The van der Waals surface area contributed by atoms with Crippen LogP contribution >= 0.6 is 0 Å². The van der Waals surface area contributed by atoms with E-state index in [1.807, 2.05) is 6.92 Å². The molecule has 3 aliphatic rings. The Morgan fingerprint density at radius 1 is 1.15 bits per heavy atom. The minimum atomic E-state index is -0.328. The van der Waals surface area contributed by atoms with Crippen LogP contribution in [0, 0.1) is 11.8 Å². The number of hydrogen-bond donors (Lipinski definition) is 1. The van der Waals surface area contributed by atoms with Crippen molar-refractivity contribution in [1.82, 2.24) is 0 Å². The van der Waals surface area contributed by atoms with Crippen molar-refractivity contribution in [3.8, 4) is 0 Å². The number of aliphatic hydroxyl groups excluding tert-OH is 1. The van der Waals surface area contributed by atoms with Crippen LogP contribution in [0.5, 0.6) is 0 Å². The average molecular weight is 284 g/mol. The minimum absolute atomic E-state index is 0.0392. The van der Waals surface area contributed by atoms with Crippen molar-refractivity contribution < 1.29 is 19.3 Å². The van der Waals surface area contributed by atoms with Gasteiger partial charge in [-0.1, -0.05) is 0 Å². The molecular formula is C16H28O4. The summed E-state index contributed by atoms with van der Waals surface area (Å²) in [6, 6.07) is 0. The molecule has 4 nitrogen and oxygen atoms in total. The molecule has 0 radical (unpaired) electrons. The van der Waals surface area contributed by atoms with Gasteiger partial charge in [-0.05, 0) is 57.3 Å². The van der Waals surface area contributed by atoms with Gasteiger partial charge in [-0.3, -0.25) is 0 Å². The zero-order chi connectivity index (χ0) is 14.0. The Bertz CT molecular complexity index is 304. The lowest BCUT2D eigenvalue weighted by atomic mass is 9.77. The van der Waals surface area contributed by atoms with Crippen molar-refractivity contribution >= 4 is 0 Å². The van der Waals surface area contributed by atoms with Crippen LogP contribution in [0.1, 0.15) is 45.4 Å². The third-order valence-electron chi connectivity index (χ3n) is 5.20.